The second-order valence-corrected chi connectivity index (χ2v) is 5.31. The van der Waals surface area contributed by atoms with E-state index < -0.39 is 0 Å². The topological polar surface area (TPSA) is 40.5 Å². The molecule has 1 aliphatic rings. The van der Waals surface area contributed by atoms with Crippen molar-refractivity contribution in [1.82, 2.24) is 4.57 Å². The molecule has 1 aromatic heterocycles. The number of benzene rings is 1. The van der Waals surface area contributed by atoms with Crippen molar-refractivity contribution in [2.45, 2.75) is 25.6 Å². The molecule has 100 valence electrons. The number of ether oxygens (including phenoxy) is 2. The van der Waals surface area contributed by atoms with Gasteiger partial charge < -0.3 is 9.47 Å². The number of rotatable bonds is 3. The number of thiazole rings is 1. The summed E-state index contributed by atoms with van der Waals surface area (Å²) in [7, 11) is 0. The molecule has 2 heterocycles. The van der Waals surface area contributed by atoms with E-state index in [1.165, 1.54) is 11.3 Å². The molecule has 1 aliphatic heterocycles. The smallest absolute Gasteiger partial charge is 0.311 e. The Labute approximate surface area is 115 Å². The standard InChI is InChI=1S/C14H15NO3S/c16-14-15(7-9-19-14)11-4-3-5-12(10-11)18-13-6-1-2-8-17-13/h3-5,7,9-10,13H,1-2,6,8H2. The summed E-state index contributed by atoms with van der Waals surface area (Å²) in [6.45, 7) is 0.758. The second kappa shape index (κ2) is 5.59. The van der Waals surface area contributed by atoms with E-state index >= 15 is 0 Å². The lowest BCUT2D eigenvalue weighted by Crippen LogP contribution is -2.25. The highest BCUT2D eigenvalue weighted by molar-refractivity contribution is 7.07. The molecule has 0 bridgehead atoms. The highest BCUT2D eigenvalue weighted by atomic mass is 32.1. The fraction of sp³-hybridized carbons (Fsp3) is 0.357. The molecule has 0 amide bonds. The third kappa shape index (κ3) is 2.88. The van der Waals surface area contributed by atoms with Crippen molar-refractivity contribution in [3.63, 3.8) is 0 Å². The quantitative estimate of drug-likeness (QED) is 0.866. The monoisotopic (exact) mass is 277 g/mol. The SMILES string of the molecule is O=c1sccn1-c1cccc(OC2CCCCO2)c1. The first-order chi connectivity index (χ1) is 9.33. The van der Waals surface area contributed by atoms with Gasteiger partial charge >= 0.3 is 4.87 Å². The minimum absolute atomic E-state index is 0.00562. The summed E-state index contributed by atoms with van der Waals surface area (Å²) in [4.78, 5) is 11.6. The molecule has 0 saturated carbocycles. The highest BCUT2D eigenvalue weighted by Crippen LogP contribution is 2.21. The average molecular weight is 277 g/mol. The van der Waals surface area contributed by atoms with Crippen LogP contribution in [0.25, 0.3) is 5.69 Å². The highest BCUT2D eigenvalue weighted by Gasteiger charge is 2.15. The van der Waals surface area contributed by atoms with Crippen LogP contribution in [0, 0.1) is 0 Å². The molecule has 2 aromatic rings. The predicted molar refractivity (Wildman–Crippen MR) is 74.1 cm³/mol. The predicted octanol–water partition coefficient (Wildman–Crippen LogP) is 2.80. The van der Waals surface area contributed by atoms with Crippen LogP contribution in [0.5, 0.6) is 5.75 Å². The van der Waals surface area contributed by atoms with Crippen LogP contribution in [-0.4, -0.2) is 17.5 Å². The van der Waals surface area contributed by atoms with Crippen molar-refractivity contribution >= 4 is 11.3 Å². The molecule has 4 nitrogen and oxygen atoms in total. The Kier molecular flexibility index (Phi) is 3.66. The molecule has 1 aromatic carbocycles. The Morgan fingerprint density at radius 3 is 3.05 bits per heavy atom. The molecule has 1 saturated heterocycles. The maximum Gasteiger partial charge on any atom is 0.311 e. The zero-order chi connectivity index (χ0) is 13.1. The van der Waals surface area contributed by atoms with Crippen LogP contribution in [0.4, 0.5) is 0 Å². The first-order valence-corrected chi connectivity index (χ1v) is 7.26. The maximum atomic E-state index is 11.6. The van der Waals surface area contributed by atoms with Crippen LogP contribution in [0.15, 0.2) is 40.6 Å². The van der Waals surface area contributed by atoms with Gasteiger partial charge in [-0.3, -0.25) is 9.36 Å². The summed E-state index contributed by atoms with van der Waals surface area (Å²) in [6, 6.07) is 7.53. The Morgan fingerprint density at radius 2 is 2.32 bits per heavy atom. The van der Waals surface area contributed by atoms with Crippen LogP contribution in [-0.2, 0) is 4.74 Å². The van der Waals surface area contributed by atoms with Crippen LogP contribution >= 0.6 is 11.3 Å². The molecule has 0 spiro atoms. The van der Waals surface area contributed by atoms with E-state index in [4.69, 9.17) is 9.47 Å². The molecule has 19 heavy (non-hydrogen) atoms. The van der Waals surface area contributed by atoms with Gasteiger partial charge in [-0.2, -0.15) is 0 Å². The molecule has 3 rings (SSSR count). The van der Waals surface area contributed by atoms with E-state index in [-0.39, 0.29) is 11.2 Å². The van der Waals surface area contributed by atoms with E-state index in [2.05, 4.69) is 0 Å². The molecule has 5 heteroatoms. The van der Waals surface area contributed by atoms with Gasteiger partial charge in [0.05, 0.1) is 12.3 Å². The van der Waals surface area contributed by atoms with Gasteiger partial charge in [-0.15, -0.1) is 0 Å². The molecule has 0 N–H and O–H groups in total. The average Bonchev–Trinajstić information content (AvgIpc) is 2.86. The lowest BCUT2D eigenvalue weighted by Gasteiger charge is -2.23. The molecule has 0 radical (unpaired) electrons. The first kappa shape index (κ1) is 12.4. The van der Waals surface area contributed by atoms with Gasteiger partial charge in [0.1, 0.15) is 5.75 Å². The molecule has 0 aliphatic carbocycles. The summed E-state index contributed by atoms with van der Waals surface area (Å²) in [6.07, 6.45) is 4.76. The van der Waals surface area contributed by atoms with E-state index in [9.17, 15) is 4.79 Å². The second-order valence-electron chi connectivity index (χ2n) is 4.45. The lowest BCUT2D eigenvalue weighted by molar-refractivity contribution is -0.105. The molecular weight excluding hydrogens is 262 g/mol. The summed E-state index contributed by atoms with van der Waals surface area (Å²) in [5.74, 6) is 0.738. The van der Waals surface area contributed by atoms with Gasteiger partial charge in [0.25, 0.3) is 0 Å². The van der Waals surface area contributed by atoms with Crippen molar-refractivity contribution in [2.24, 2.45) is 0 Å². The Bertz CT molecular complexity index is 598. The first-order valence-electron chi connectivity index (χ1n) is 6.38. The van der Waals surface area contributed by atoms with Gasteiger partial charge in [0.15, 0.2) is 6.29 Å². The van der Waals surface area contributed by atoms with Crippen molar-refractivity contribution in [3.8, 4) is 11.4 Å². The van der Waals surface area contributed by atoms with Crippen molar-refractivity contribution in [2.75, 3.05) is 6.61 Å². The summed E-state index contributed by atoms with van der Waals surface area (Å²) in [5.41, 5.74) is 0.819. The fourth-order valence-electron chi connectivity index (χ4n) is 2.12. The summed E-state index contributed by atoms with van der Waals surface area (Å²) >= 11 is 1.18. The Morgan fingerprint density at radius 1 is 1.37 bits per heavy atom. The van der Waals surface area contributed by atoms with Crippen LogP contribution < -0.4 is 9.61 Å². The maximum absolute atomic E-state index is 11.6. The lowest BCUT2D eigenvalue weighted by atomic mass is 10.2. The molecule has 1 atom stereocenters. The van der Waals surface area contributed by atoms with Crippen LogP contribution in [0.3, 0.4) is 0 Å². The molecule has 1 unspecified atom stereocenters. The summed E-state index contributed by atoms with van der Waals surface area (Å²) in [5, 5.41) is 1.78. The zero-order valence-electron chi connectivity index (χ0n) is 10.5. The molecular formula is C14H15NO3S. The zero-order valence-corrected chi connectivity index (χ0v) is 11.3. The van der Waals surface area contributed by atoms with Crippen LogP contribution in [0.2, 0.25) is 0 Å². The van der Waals surface area contributed by atoms with Gasteiger partial charge in [-0.25, -0.2) is 0 Å². The largest absolute Gasteiger partial charge is 0.465 e. The van der Waals surface area contributed by atoms with Gasteiger partial charge in [0, 0.05) is 24.1 Å². The number of nitrogens with zero attached hydrogens (tertiary/aromatic N) is 1. The van der Waals surface area contributed by atoms with Gasteiger partial charge in [0.2, 0.25) is 0 Å². The van der Waals surface area contributed by atoms with Crippen molar-refractivity contribution in [3.05, 3.63) is 45.5 Å². The third-order valence-electron chi connectivity index (χ3n) is 3.08. The van der Waals surface area contributed by atoms with E-state index in [0.29, 0.717) is 0 Å². The fourth-order valence-corrected chi connectivity index (χ4v) is 2.70. The number of hydrogen-bond donors (Lipinski definition) is 0. The number of hydrogen-bond acceptors (Lipinski definition) is 4. The third-order valence-corrected chi connectivity index (χ3v) is 3.73. The number of aromatic nitrogens is 1. The Hall–Kier alpha value is -1.59. The minimum atomic E-state index is -0.164. The summed E-state index contributed by atoms with van der Waals surface area (Å²) < 4.78 is 13.0. The van der Waals surface area contributed by atoms with Crippen molar-refractivity contribution < 1.29 is 9.47 Å². The normalized spacial score (nSPS) is 19.3. The van der Waals surface area contributed by atoms with E-state index in [1.54, 1.807) is 16.1 Å². The Balaban J connectivity index is 1.80. The van der Waals surface area contributed by atoms with E-state index in [1.807, 2.05) is 24.3 Å². The van der Waals surface area contributed by atoms with Crippen LogP contribution in [0.1, 0.15) is 19.3 Å². The minimum Gasteiger partial charge on any atom is -0.465 e. The van der Waals surface area contributed by atoms with E-state index in [0.717, 1.165) is 37.3 Å². The van der Waals surface area contributed by atoms with Crippen molar-refractivity contribution in [1.29, 1.82) is 0 Å². The van der Waals surface area contributed by atoms with Gasteiger partial charge in [-0.05, 0) is 25.0 Å². The van der Waals surface area contributed by atoms with Gasteiger partial charge in [-0.1, -0.05) is 17.4 Å². The molecule has 1 fully saturated rings.